The summed E-state index contributed by atoms with van der Waals surface area (Å²) >= 11 is 0. The van der Waals surface area contributed by atoms with Crippen LogP contribution in [0.5, 0.6) is 0 Å². The van der Waals surface area contributed by atoms with E-state index < -0.39 is 10.1 Å². The molecule has 0 aliphatic carbocycles. The first kappa shape index (κ1) is 16.5. The minimum atomic E-state index is -4.31. The summed E-state index contributed by atoms with van der Waals surface area (Å²) in [6.45, 7) is 3.60. The molecule has 0 amide bonds. The third-order valence-corrected chi connectivity index (χ3v) is 4.32. The summed E-state index contributed by atoms with van der Waals surface area (Å²) in [5.74, 6) is 0. The fraction of sp³-hybridized carbons (Fsp3) is 0. The molecule has 0 unspecified atom stereocenters. The van der Waals surface area contributed by atoms with Crippen LogP contribution < -0.4 is 0 Å². The molecule has 1 N–H and O–H groups in total. The molecular formula is C16H14CaO3S. The Morgan fingerprint density at radius 1 is 1.00 bits per heavy atom. The van der Waals surface area contributed by atoms with Crippen molar-refractivity contribution < 1.29 is 15.8 Å². The Bertz CT molecular complexity index is 956. The SMILES string of the molecule is C=Cc1ccc2cc3ccccc3cc2c1S(=O)(=O)O.[Ca+2].[H-].[H-]. The van der Waals surface area contributed by atoms with Gasteiger partial charge in [0.05, 0.1) is 0 Å². The third-order valence-electron chi connectivity index (χ3n) is 3.34. The molecule has 21 heavy (non-hydrogen) atoms. The van der Waals surface area contributed by atoms with E-state index in [1.54, 1.807) is 12.1 Å². The van der Waals surface area contributed by atoms with Gasteiger partial charge in [0.15, 0.2) is 0 Å². The molecule has 0 fully saturated rings. The second-order valence-corrected chi connectivity index (χ2v) is 5.94. The summed E-state index contributed by atoms with van der Waals surface area (Å²) in [6, 6.07) is 14.8. The molecule has 0 saturated carbocycles. The van der Waals surface area contributed by atoms with Gasteiger partial charge in [-0.25, -0.2) is 0 Å². The van der Waals surface area contributed by atoms with Gasteiger partial charge in [0.2, 0.25) is 0 Å². The molecule has 0 spiro atoms. The largest absolute Gasteiger partial charge is 2.00 e. The number of fused-ring (bicyclic) bond motifs is 2. The number of benzene rings is 3. The van der Waals surface area contributed by atoms with Gasteiger partial charge >= 0.3 is 37.7 Å². The van der Waals surface area contributed by atoms with E-state index in [1.165, 1.54) is 6.08 Å². The molecule has 104 valence electrons. The standard InChI is InChI=1S/C16H12O3S.Ca.2H/c1-2-11-7-8-14-9-12-5-3-4-6-13(12)10-15(14)16(11)20(17,18)19;;;/h2-10H,1H2,(H,17,18,19);;;/q;+2;2*-1. The molecule has 0 aliphatic heterocycles. The molecule has 3 aromatic carbocycles. The zero-order valence-electron chi connectivity index (χ0n) is 13.3. The maximum atomic E-state index is 11.7. The van der Waals surface area contributed by atoms with Crippen molar-refractivity contribution in [3.63, 3.8) is 0 Å². The Labute approximate surface area is 156 Å². The van der Waals surface area contributed by atoms with Crippen LogP contribution in [0.3, 0.4) is 0 Å². The predicted octanol–water partition coefficient (Wildman–Crippen LogP) is 3.73. The van der Waals surface area contributed by atoms with Gasteiger partial charge in [-0.05, 0) is 33.9 Å². The van der Waals surface area contributed by atoms with Crippen LogP contribution in [0.1, 0.15) is 8.42 Å². The van der Waals surface area contributed by atoms with Crippen molar-refractivity contribution in [2.45, 2.75) is 4.90 Å². The predicted molar refractivity (Wildman–Crippen MR) is 89.3 cm³/mol. The van der Waals surface area contributed by atoms with E-state index >= 15 is 0 Å². The van der Waals surface area contributed by atoms with E-state index in [-0.39, 0.29) is 45.5 Å². The van der Waals surface area contributed by atoms with Gasteiger partial charge in [-0.2, -0.15) is 8.42 Å². The van der Waals surface area contributed by atoms with Gasteiger partial charge in [-0.1, -0.05) is 49.1 Å². The number of hydrogen-bond acceptors (Lipinski definition) is 2. The van der Waals surface area contributed by atoms with Gasteiger partial charge in [0, 0.05) is 5.39 Å². The Morgan fingerprint density at radius 3 is 2.19 bits per heavy atom. The smallest absolute Gasteiger partial charge is 1.00 e. The average Bonchev–Trinajstić information content (AvgIpc) is 2.42. The topological polar surface area (TPSA) is 54.4 Å². The van der Waals surface area contributed by atoms with Gasteiger partial charge in [0.25, 0.3) is 10.1 Å². The molecule has 0 heterocycles. The molecule has 0 bridgehead atoms. The van der Waals surface area contributed by atoms with Crippen molar-refractivity contribution in [2.24, 2.45) is 0 Å². The summed E-state index contributed by atoms with van der Waals surface area (Å²) < 4.78 is 32.8. The Kier molecular flexibility index (Phi) is 4.75. The van der Waals surface area contributed by atoms with Crippen LogP contribution >= 0.6 is 0 Å². The minimum absolute atomic E-state index is 0. The van der Waals surface area contributed by atoms with Crippen LogP contribution in [0.4, 0.5) is 0 Å². The van der Waals surface area contributed by atoms with Crippen LogP contribution in [-0.2, 0) is 10.1 Å². The fourth-order valence-electron chi connectivity index (χ4n) is 2.45. The van der Waals surface area contributed by atoms with Gasteiger partial charge in [-0.15, -0.1) is 0 Å². The number of hydrogen-bond donors (Lipinski definition) is 1. The fourth-order valence-corrected chi connectivity index (χ4v) is 3.36. The molecule has 3 nitrogen and oxygen atoms in total. The summed E-state index contributed by atoms with van der Waals surface area (Å²) in [5, 5.41) is 3.21. The van der Waals surface area contributed by atoms with E-state index in [0.29, 0.717) is 10.9 Å². The van der Waals surface area contributed by atoms with Crippen molar-refractivity contribution in [3.05, 3.63) is 60.7 Å². The second kappa shape index (κ2) is 6.07. The van der Waals surface area contributed by atoms with E-state index in [2.05, 4.69) is 6.58 Å². The Balaban J connectivity index is 0.00000161. The molecule has 0 aromatic heterocycles. The van der Waals surface area contributed by atoms with Crippen molar-refractivity contribution in [2.75, 3.05) is 0 Å². The van der Waals surface area contributed by atoms with Crippen LogP contribution in [-0.4, -0.2) is 50.7 Å². The zero-order valence-corrected chi connectivity index (χ0v) is 14.3. The first-order valence-corrected chi connectivity index (χ1v) is 7.50. The number of rotatable bonds is 2. The van der Waals surface area contributed by atoms with Gasteiger partial charge in [-0.3, -0.25) is 4.55 Å². The molecule has 0 aliphatic rings. The Hall–Kier alpha value is -0.910. The van der Waals surface area contributed by atoms with Crippen molar-refractivity contribution in [1.29, 1.82) is 0 Å². The van der Waals surface area contributed by atoms with E-state index in [0.717, 1.165) is 16.2 Å². The third kappa shape index (κ3) is 3.00. The molecular weight excluding hydrogens is 312 g/mol. The van der Waals surface area contributed by atoms with Crippen LogP contribution in [0.15, 0.2) is 60.0 Å². The first-order valence-electron chi connectivity index (χ1n) is 6.06. The molecule has 3 aromatic rings. The van der Waals surface area contributed by atoms with Crippen molar-refractivity contribution in [1.82, 2.24) is 0 Å². The molecule has 5 heteroatoms. The summed E-state index contributed by atoms with van der Waals surface area (Å²) in [4.78, 5) is -0.0873. The summed E-state index contributed by atoms with van der Waals surface area (Å²) in [7, 11) is -4.31. The Morgan fingerprint density at radius 2 is 1.62 bits per heavy atom. The van der Waals surface area contributed by atoms with Crippen molar-refractivity contribution >= 4 is 75.5 Å². The minimum Gasteiger partial charge on any atom is -1.00 e. The first-order chi connectivity index (χ1) is 9.50. The summed E-state index contributed by atoms with van der Waals surface area (Å²) in [5.41, 5.74) is 0.398. The van der Waals surface area contributed by atoms with Gasteiger partial charge < -0.3 is 2.85 Å². The second-order valence-electron chi connectivity index (χ2n) is 4.58. The van der Waals surface area contributed by atoms with E-state index in [4.69, 9.17) is 0 Å². The molecule has 0 radical (unpaired) electrons. The van der Waals surface area contributed by atoms with Crippen LogP contribution in [0.25, 0.3) is 27.6 Å². The van der Waals surface area contributed by atoms with Crippen LogP contribution in [0, 0.1) is 0 Å². The van der Waals surface area contributed by atoms with E-state index in [9.17, 15) is 13.0 Å². The molecule has 3 rings (SSSR count). The maximum absolute atomic E-state index is 11.7. The quantitative estimate of drug-likeness (QED) is 0.443. The summed E-state index contributed by atoms with van der Waals surface area (Å²) in [6.07, 6.45) is 1.43. The normalized spacial score (nSPS) is 11.3. The zero-order chi connectivity index (χ0) is 14.3. The van der Waals surface area contributed by atoms with Gasteiger partial charge in [0.1, 0.15) is 4.90 Å². The monoisotopic (exact) mass is 326 g/mol. The molecule has 0 saturated heterocycles. The van der Waals surface area contributed by atoms with Crippen LogP contribution in [0.2, 0.25) is 0 Å². The van der Waals surface area contributed by atoms with E-state index in [1.807, 2.05) is 36.4 Å². The van der Waals surface area contributed by atoms with Crippen molar-refractivity contribution in [3.8, 4) is 0 Å². The average molecular weight is 326 g/mol. The molecule has 0 atom stereocenters. The maximum Gasteiger partial charge on any atom is 2.00 e.